The molecule has 0 aliphatic rings. The van der Waals surface area contributed by atoms with Crippen LogP contribution in [0.5, 0.6) is 5.75 Å². The van der Waals surface area contributed by atoms with E-state index >= 15 is 0 Å². The van der Waals surface area contributed by atoms with E-state index in [0.717, 1.165) is 17.7 Å². The van der Waals surface area contributed by atoms with Crippen LogP contribution in [0.4, 0.5) is 0 Å². The Labute approximate surface area is 143 Å². The van der Waals surface area contributed by atoms with Crippen molar-refractivity contribution in [1.82, 2.24) is 5.32 Å². The number of carboxylic acid groups (broad SMARTS) is 1. The maximum atomic E-state index is 12.1. The second-order valence-corrected chi connectivity index (χ2v) is 6.50. The second-order valence-electron chi connectivity index (χ2n) is 6.50. The summed E-state index contributed by atoms with van der Waals surface area (Å²) in [6, 6.07) is 6.73. The molecule has 2 atom stereocenters. The van der Waals surface area contributed by atoms with E-state index in [1.165, 1.54) is 0 Å². The summed E-state index contributed by atoms with van der Waals surface area (Å²) in [4.78, 5) is 23.1. The van der Waals surface area contributed by atoms with Crippen molar-refractivity contribution >= 4 is 11.9 Å². The van der Waals surface area contributed by atoms with E-state index in [4.69, 9.17) is 15.6 Å². The Morgan fingerprint density at radius 2 is 1.88 bits per heavy atom. The number of rotatable bonds is 10. The molecule has 6 heteroatoms. The molecular formula is C18H28N2O4. The third kappa shape index (κ3) is 7.46. The second kappa shape index (κ2) is 9.93. The number of amides is 1. The SMILES string of the molecule is COc1ccc(C[C@@H](N)C(=O)NC[C@H](CC(=O)O)CC(C)C)cc1. The first-order valence-corrected chi connectivity index (χ1v) is 8.19. The van der Waals surface area contributed by atoms with E-state index in [0.29, 0.717) is 18.9 Å². The van der Waals surface area contributed by atoms with Gasteiger partial charge in [0.15, 0.2) is 0 Å². The van der Waals surface area contributed by atoms with Crippen LogP contribution in [0.25, 0.3) is 0 Å². The van der Waals surface area contributed by atoms with E-state index in [-0.39, 0.29) is 18.2 Å². The third-order valence-corrected chi connectivity index (χ3v) is 3.78. The van der Waals surface area contributed by atoms with Crippen molar-refractivity contribution in [2.24, 2.45) is 17.6 Å². The van der Waals surface area contributed by atoms with Gasteiger partial charge in [-0.2, -0.15) is 0 Å². The van der Waals surface area contributed by atoms with Crippen molar-refractivity contribution in [1.29, 1.82) is 0 Å². The zero-order valence-corrected chi connectivity index (χ0v) is 14.6. The van der Waals surface area contributed by atoms with Crippen LogP contribution in [0.1, 0.15) is 32.3 Å². The molecule has 1 amide bonds. The Morgan fingerprint density at radius 1 is 1.25 bits per heavy atom. The predicted molar refractivity (Wildman–Crippen MR) is 92.9 cm³/mol. The lowest BCUT2D eigenvalue weighted by atomic mass is 9.94. The predicted octanol–water partition coefficient (Wildman–Crippen LogP) is 1.82. The molecule has 24 heavy (non-hydrogen) atoms. The summed E-state index contributed by atoms with van der Waals surface area (Å²) in [6.45, 7) is 4.40. The lowest BCUT2D eigenvalue weighted by molar-refractivity contribution is -0.138. The minimum Gasteiger partial charge on any atom is -0.497 e. The van der Waals surface area contributed by atoms with Crippen LogP contribution < -0.4 is 15.8 Å². The molecule has 0 saturated carbocycles. The molecule has 0 aromatic heterocycles. The maximum Gasteiger partial charge on any atom is 0.303 e. The molecule has 0 unspecified atom stereocenters. The Kier molecular flexibility index (Phi) is 8.26. The van der Waals surface area contributed by atoms with Crippen molar-refractivity contribution in [3.8, 4) is 5.75 Å². The fourth-order valence-electron chi connectivity index (χ4n) is 2.64. The molecule has 0 heterocycles. The van der Waals surface area contributed by atoms with E-state index in [9.17, 15) is 9.59 Å². The van der Waals surface area contributed by atoms with E-state index < -0.39 is 12.0 Å². The van der Waals surface area contributed by atoms with Gasteiger partial charge in [0.2, 0.25) is 5.91 Å². The van der Waals surface area contributed by atoms with E-state index in [2.05, 4.69) is 5.32 Å². The molecule has 0 radical (unpaired) electrons. The van der Waals surface area contributed by atoms with Crippen LogP contribution in [-0.4, -0.2) is 36.7 Å². The van der Waals surface area contributed by atoms with Gasteiger partial charge in [0.05, 0.1) is 13.2 Å². The van der Waals surface area contributed by atoms with Crippen LogP contribution in [-0.2, 0) is 16.0 Å². The molecule has 0 bridgehead atoms. The molecule has 0 aliphatic heterocycles. The average Bonchev–Trinajstić information content (AvgIpc) is 2.51. The zero-order valence-electron chi connectivity index (χ0n) is 14.6. The number of carbonyl (C=O) groups is 2. The number of ether oxygens (including phenoxy) is 1. The number of nitrogens with one attached hydrogen (secondary N) is 1. The summed E-state index contributed by atoms with van der Waals surface area (Å²) >= 11 is 0. The van der Waals surface area contributed by atoms with Crippen molar-refractivity contribution in [3.05, 3.63) is 29.8 Å². The first-order valence-electron chi connectivity index (χ1n) is 8.19. The largest absolute Gasteiger partial charge is 0.497 e. The van der Waals surface area contributed by atoms with Gasteiger partial charge in [-0.25, -0.2) is 0 Å². The number of carboxylic acids is 1. The molecule has 1 rings (SSSR count). The van der Waals surface area contributed by atoms with Gasteiger partial charge in [0.1, 0.15) is 5.75 Å². The molecule has 1 aromatic carbocycles. The normalized spacial score (nSPS) is 13.4. The van der Waals surface area contributed by atoms with Crippen LogP contribution in [0, 0.1) is 11.8 Å². The van der Waals surface area contributed by atoms with Crippen molar-refractivity contribution < 1.29 is 19.4 Å². The van der Waals surface area contributed by atoms with Gasteiger partial charge in [-0.15, -0.1) is 0 Å². The van der Waals surface area contributed by atoms with Gasteiger partial charge in [-0.1, -0.05) is 26.0 Å². The highest BCUT2D eigenvalue weighted by Crippen LogP contribution is 2.15. The quantitative estimate of drug-likeness (QED) is 0.605. The molecule has 0 aliphatic carbocycles. The number of methoxy groups -OCH3 is 1. The van der Waals surface area contributed by atoms with E-state index in [1.807, 2.05) is 38.1 Å². The third-order valence-electron chi connectivity index (χ3n) is 3.78. The summed E-state index contributed by atoms with van der Waals surface area (Å²) < 4.78 is 5.09. The van der Waals surface area contributed by atoms with Gasteiger partial charge in [-0.3, -0.25) is 9.59 Å². The van der Waals surface area contributed by atoms with Crippen molar-refractivity contribution in [3.63, 3.8) is 0 Å². The first kappa shape index (κ1) is 20.0. The molecule has 0 fully saturated rings. The fraction of sp³-hybridized carbons (Fsp3) is 0.556. The summed E-state index contributed by atoms with van der Waals surface area (Å²) in [5.74, 6) is -0.0665. The smallest absolute Gasteiger partial charge is 0.303 e. The number of benzene rings is 1. The minimum atomic E-state index is -0.850. The van der Waals surface area contributed by atoms with Crippen LogP contribution in [0.3, 0.4) is 0 Å². The zero-order chi connectivity index (χ0) is 18.1. The molecule has 0 spiro atoms. The van der Waals surface area contributed by atoms with Crippen molar-refractivity contribution in [2.75, 3.05) is 13.7 Å². The van der Waals surface area contributed by atoms with Gasteiger partial charge in [0.25, 0.3) is 0 Å². The topological polar surface area (TPSA) is 102 Å². The lowest BCUT2D eigenvalue weighted by Crippen LogP contribution is -2.44. The summed E-state index contributed by atoms with van der Waals surface area (Å²) in [5, 5.41) is 11.7. The molecule has 1 aromatic rings. The maximum absolute atomic E-state index is 12.1. The van der Waals surface area contributed by atoms with Crippen molar-refractivity contribution in [2.45, 2.75) is 39.2 Å². The number of carbonyl (C=O) groups excluding carboxylic acids is 1. The summed E-state index contributed by atoms with van der Waals surface area (Å²) in [6.07, 6.45) is 1.22. The summed E-state index contributed by atoms with van der Waals surface area (Å²) in [7, 11) is 1.60. The number of hydrogen-bond acceptors (Lipinski definition) is 4. The highest BCUT2D eigenvalue weighted by molar-refractivity contribution is 5.81. The average molecular weight is 336 g/mol. The Balaban J connectivity index is 2.50. The monoisotopic (exact) mass is 336 g/mol. The first-order chi connectivity index (χ1) is 11.3. The standard InChI is InChI=1S/C18H28N2O4/c1-12(2)8-14(10-17(21)22)11-20-18(23)16(19)9-13-4-6-15(24-3)7-5-13/h4-7,12,14,16H,8-11,19H2,1-3H3,(H,20,23)(H,21,22)/t14-,16+/m0/s1. The molecule has 0 saturated heterocycles. The van der Waals surface area contributed by atoms with Crippen LogP contribution in [0.2, 0.25) is 0 Å². The molecule has 6 nitrogen and oxygen atoms in total. The van der Waals surface area contributed by atoms with Crippen LogP contribution >= 0.6 is 0 Å². The fourth-order valence-corrected chi connectivity index (χ4v) is 2.64. The molecule has 4 N–H and O–H groups in total. The number of hydrogen-bond donors (Lipinski definition) is 3. The Hall–Kier alpha value is -2.08. The number of nitrogens with two attached hydrogens (primary N) is 1. The minimum absolute atomic E-state index is 0.0478. The van der Waals surface area contributed by atoms with Gasteiger partial charge < -0.3 is 20.9 Å². The lowest BCUT2D eigenvalue weighted by Gasteiger charge is -2.19. The highest BCUT2D eigenvalue weighted by atomic mass is 16.5. The Bertz CT molecular complexity index is 528. The summed E-state index contributed by atoms with van der Waals surface area (Å²) in [5.41, 5.74) is 6.90. The highest BCUT2D eigenvalue weighted by Gasteiger charge is 2.19. The Morgan fingerprint density at radius 3 is 2.38 bits per heavy atom. The van der Waals surface area contributed by atoms with Gasteiger partial charge >= 0.3 is 5.97 Å². The van der Waals surface area contributed by atoms with Crippen LogP contribution in [0.15, 0.2) is 24.3 Å². The van der Waals surface area contributed by atoms with Gasteiger partial charge in [-0.05, 0) is 42.4 Å². The molecular weight excluding hydrogens is 308 g/mol. The number of aliphatic carboxylic acids is 1. The molecule has 134 valence electrons. The van der Waals surface area contributed by atoms with Gasteiger partial charge in [0, 0.05) is 13.0 Å². The van der Waals surface area contributed by atoms with E-state index in [1.54, 1.807) is 7.11 Å².